The second kappa shape index (κ2) is 4.13. The number of ketones is 1. The minimum atomic E-state index is -0.0550. The van der Waals surface area contributed by atoms with Crippen molar-refractivity contribution in [3.8, 4) is 0 Å². The van der Waals surface area contributed by atoms with Gasteiger partial charge in [-0.15, -0.1) is 11.3 Å². The lowest BCUT2D eigenvalue weighted by atomic mass is 10.1. The Kier molecular flexibility index (Phi) is 2.84. The molecule has 0 aliphatic carbocycles. The highest BCUT2D eigenvalue weighted by molar-refractivity contribution is 7.13. The number of hydrogen-bond donors (Lipinski definition) is 0. The van der Waals surface area contributed by atoms with Gasteiger partial charge in [-0.1, -0.05) is 11.6 Å². The van der Waals surface area contributed by atoms with Gasteiger partial charge >= 0.3 is 0 Å². The maximum atomic E-state index is 12.0. The lowest BCUT2D eigenvalue weighted by molar-refractivity contribution is 0.104. The maximum absolute atomic E-state index is 12.0. The topological polar surface area (TPSA) is 30.0 Å². The van der Waals surface area contributed by atoms with E-state index in [9.17, 15) is 4.79 Å². The van der Waals surface area contributed by atoms with E-state index in [0.717, 1.165) is 5.69 Å². The van der Waals surface area contributed by atoms with Crippen molar-refractivity contribution in [3.63, 3.8) is 0 Å². The Morgan fingerprint density at radius 2 is 2.27 bits per heavy atom. The predicted octanol–water partition coefficient (Wildman–Crippen LogP) is 3.34. The summed E-state index contributed by atoms with van der Waals surface area (Å²) in [5, 5.41) is 2.31. The van der Waals surface area contributed by atoms with Gasteiger partial charge in [-0.2, -0.15) is 0 Å². The van der Waals surface area contributed by atoms with E-state index in [4.69, 9.17) is 11.6 Å². The molecule has 2 heterocycles. The number of thiophene rings is 1. The lowest BCUT2D eigenvalue weighted by Gasteiger charge is -2.01. The number of carbonyl (C=O) groups excluding carboxylic acids is 1. The van der Waals surface area contributed by atoms with E-state index in [1.54, 1.807) is 29.8 Å². The van der Waals surface area contributed by atoms with Crippen molar-refractivity contribution < 1.29 is 4.79 Å². The smallest absolute Gasteiger partial charge is 0.206 e. The van der Waals surface area contributed by atoms with E-state index in [1.807, 2.05) is 6.92 Å². The Labute approximate surface area is 96.5 Å². The lowest BCUT2D eigenvalue weighted by Crippen LogP contribution is -2.03. The highest BCUT2D eigenvalue weighted by Gasteiger charge is 2.16. The molecule has 15 heavy (non-hydrogen) atoms. The highest BCUT2D eigenvalue weighted by atomic mass is 35.5. The van der Waals surface area contributed by atoms with Crippen LogP contribution in [0.5, 0.6) is 0 Å². The van der Waals surface area contributed by atoms with Gasteiger partial charge in [-0.3, -0.25) is 9.78 Å². The molecule has 76 valence electrons. The molecule has 4 heteroatoms. The molecule has 0 unspecified atom stereocenters. The van der Waals surface area contributed by atoms with E-state index < -0.39 is 0 Å². The molecule has 0 saturated heterocycles. The van der Waals surface area contributed by atoms with Crippen molar-refractivity contribution in [3.05, 3.63) is 50.9 Å². The first-order valence-electron chi connectivity index (χ1n) is 4.39. The maximum Gasteiger partial charge on any atom is 0.206 e. The monoisotopic (exact) mass is 237 g/mol. The Morgan fingerprint density at radius 1 is 1.47 bits per heavy atom. The predicted molar refractivity (Wildman–Crippen MR) is 61.7 cm³/mol. The fourth-order valence-electron chi connectivity index (χ4n) is 1.30. The minimum absolute atomic E-state index is 0.0550. The first-order valence-corrected chi connectivity index (χ1v) is 5.65. The molecule has 0 aliphatic heterocycles. The molecule has 0 bridgehead atoms. The summed E-state index contributed by atoms with van der Waals surface area (Å²) >= 11 is 7.26. The number of carbonyl (C=O) groups is 1. The largest absolute Gasteiger partial charge is 0.288 e. The normalized spacial score (nSPS) is 10.3. The van der Waals surface area contributed by atoms with Crippen molar-refractivity contribution in [2.45, 2.75) is 6.92 Å². The van der Waals surface area contributed by atoms with Gasteiger partial charge in [0.2, 0.25) is 5.78 Å². The summed E-state index contributed by atoms with van der Waals surface area (Å²) in [6.07, 6.45) is 1.67. The van der Waals surface area contributed by atoms with Crippen LogP contribution in [0.3, 0.4) is 0 Å². The van der Waals surface area contributed by atoms with Gasteiger partial charge in [-0.25, -0.2) is 0 Å². The van der Waals surface area contributed by atoms with E-state index in [0.29, 0.717) is 15.5 Å². The fourth-order valence-corrected chi connectivity index (χ4v) is 2.40. The Balaban J connectivity index is 2.46. The van der Waals surface area contributed by atoms with Crippen molar-refractivity contribution in [2.24, 2.45) is 0 Å². The van der Waals surface area contributed by atoms with Crippen LogP contribution in [-0.4, -0.2) is 10.8 Å². The van der Waals surface area contributed by atoms with Crippen LogP contribution >= 0.6 is 22.9 Å². The Hall–Kier alpha value is -1.19. The molecule has 0 radical (unpaired) electrons. The van der Waals surface area contributed by atoms with Crippen molar-refractivity contribution in [2.75, 3.05) is 0 Å². The van der Waals surface area contributed by atoms with E-state index in [2.05, 4.69) is 4.98 Å². The molecule has 0 fully saturated rings. The fraction of sp³-hybridized carbons (Fsp3) is 0.0909. The third kappa shape index (κ3) is 1.94. The van der Waals surface area contributed by atoms with Gasteiger partial charge in [-0.05, 0) is 30.5 Å². The number of pyridine rings is 1. The number of aromatic nitrogens is 1. The molecule has 2 aromatic heterocycles. The van der Waals surface area contributed by atoms with E-state index in [-0.39, 0.29) is 5.78 Å². The van der Waals surface area contributed by atoms with Gasteiger partial charge in [0.15, 0.2) is 0 Å². The van der Waals surface area contributed by atoms with E-state index in [1.165, 1.54) is 11.3 Å². The molecule has 0 atom stereocenters. The second-order valence-electron chi connectivity index (χ2n) is 3.06. The van der Waals surface area contributed by atoms with Crippen LogP contribution in [0.4, 0.5) is 0 Å². The second-order valence-corrected chi connectivity index (χ2v) is 4.39. The quantitative estimate of drug-likeness (QED) is 0.750. The molecular weight excluding hydrogens is 230 g/mol. The van der Waals surface area contributed by atoms with Crippen molar-refractivity contribution in [1.29, 1.82) is 0 Å². The molecular formula is C11H8ClNOS. The molecule has 2 aromatic rings. The third-order valence-corrected chi connectivity index (χ3v) is 3.42. The molecule has 0 aromatic carbocycles. The summed E-state index contributed by atoms with van der Waals surface area (Å²) in [6.45, 7) is 1.81. The summed E-state index contributed by atoms with van der Waals surface area (Å²) in [4.78, 5) is 16.7. The first kappa shape index (κ1) is 10.3. The number of rotatable bonds is 2. The van der Waals surface area contributed by atoms with Gasteiger partial charge in [0.25, 0.3) is 0 Å². The molecule has 0 N–H and O–H groups in total. The van der Waals surface area contributed by atoms with Crippen molar-refractivity contribution >= 4 is 28.7 Å². The van der Waals surface area contributed by atoms with Crippen LogP contribution in [0.1, 0.15) is 20.9 Å². The zero-order valence-corrected chi connectivity index (χ0v) is 9.60. The summed E-state index contributed by atoms with van der Waals surface area (Å²) < 4.78 is 0. The van der Waals surface area contributed by atoms with Gasteiger partial charge in [0.05, 0.1) is 9.90 Å². The van der Waals surface area contributed by atoms with Gasteiger partial charge < -0.3 is 0 Å². The zero-order valence-electron chi connectivity index (χ0n) is 8.03. The number of halogens is 1. The molecule has 2 rings (SSSR count). The van der Waals surface area contributed by atoms with Gasteiger partial charge in [0.1, 0.15) is 0 Å². The van der Waals surface area contributed by atoms with Crippen molar-refractivity contribution in [1.82, 2.24) is 4.98 Å². The van der Waals surface area contributed by atoms with Crippen LogP contribution < -0.4 is 0 Å². The SMILES string of the molecule is Cc1ncccc1C(=O)c1sccc1Cl. The summed E-state index contributed by atoms with van der Waals surface area (Å²) in [7, 11) is 0. The summed E-state index contributed by atoms with van der Waals surface area (Å²) in [5.41, 5.74) is 1.34. The first-order chi connectivity index (χ1) is 7.20. The molecule has 0 saturated carbocycles. The third-order valence-electron chi connectivity index (χ3n) is 2.07. The molecule has 2 nitrogen and oxygen atoms in total. The van der Waals surface area contributed by atoms with Gasteiger partial charge in [0, 0.05) is 17.5 Å². The molecule has 0 amide bonds. The Bertz CT molecular complexity index is 507. The summed E-state index contributed by atoms with van der Waals surface area (Å²) in [6, 6.07) is 5.24. The number of hydrogen-bond acceptors (Lipinski definition) is 3. The highest BCUT2D eigenvalue weighted by Crippen LogP contribution is 2.25. The molecule has 0 spiro atoms. The van der Waals surface area contributed by atoms with Crippen LogP contribution in [0.25, 0.3) is 0 Å². The number of nitrogens with zero attached hydrogens (tertiary/aromatic N) is 1. The molecule has 0 aliphatic rings. The average molecular weight is 238 g/mol. The average Bonchev–Trinajstić information content (AvgIpc) is 2.64. The zero-order chi connectivity index (χ0) is 10.8. The van der Waals surface area contributed by atoms with Crippen LogP contribution in [-0.2, 0) is 0 Å². The summed E-state index contributed by atoms with van der Waals surface area (Å²) in [5.74, 6) is -0.0550. The standard InChI is InChI=1S/C11H8ClNOS/c1-7-8(3-2-5-13-7)10(14)11-9(12)4-6-15-11/h2-6H,1H3. The number of aryl methyl sites for hydroxylation is 1. The minimum Gasteiger partial charge on any atom is -0.288 e. The van der Waals surface area contributed by atoms with Crippen LogP contribution in [0.15, 0.2) is 29.8 Å². The Morgan fingerprint density at radius 3 is 2.87 bits per heavy atom. The van der Waals surface area contributed by atoms with Crippen LogP contribution in [0, 0.1) is 6.92 Å². The van der Waals surface area contributed by atoms with E-state index >= 15 is 0 Å². The van der Waals surface area contributed by atoms with Crippen LogP contribution in [0.2, 0.25) is 5.02 Å².